The van der Waals surface area contributed by atoms with E-state index >= 15 is 0 Å². The average molecular weight is 359 g/mol. The number of aliphatic hydroxyl groups is 1. The van der Waals surface area contributed by atoms with Crippen LogP contribution < -0.4 is 5.32 Å². The molecule has 0 bridgehead atoms. The van der Waals surface area contributed by atoms with Crippen molar-refractivity contribution in [1.29, 1.82) is 0 Å². The third kappa shape index (κ3) is 4.26. The molecule has 1 aliphatic heterocycles. The standard InChI is InChI=1S/C19H25N3O2S/c1-14-3-5-16(6-4-14)19(24)7-10-22(11-8-19)12-9-20-18(23)17-15(2)21-13-25-17/h3-6,13,24H,7-12H2,1-2H3,(H,20,23). The number of carbonyl (C=O) groups excluding carboxylic acids is 1. The van der Waals surface area contributed by atoms with E-state index in [1.54, 1.807) is 5.51 Å². The van der Waals surface area contributed by atoms with Gasteiger partial charge in [-0.05, 0) is 32.3 Å². The summed E-state index contributed by atoms with van der Waals surface area (Å²) in [5.74, 6) is -0.0480. The van der Waals surface area contributed by atoms with Crippen LogP contribution in [0.1, 0.15) is 39.3 Å². The Morgan fingerprint density at radius 2 is 1.96 bits per heavy atom. The zero-order valence-electron chi connectivity index (χ0n) is 14.8. The minimum atomic E-state index is -0.729. The molecule has 0 aliphatic carbocycles. The van der Waals surface area contributed by atoms with Gasteiger partial charge in [-0.3, -0.25) is 4.79 Å². The minimum Gasteiger partial charge on any atom is -0.385 e. The zero-order chi connectivity index (χ0) is 17.9. The van der Waals surface area contributed by atoms with E-state index in [1.807, 2.05) is 19.1 Å². The van der Waals surface area contributed by atoms with E-state index in [0.29, 0.717) is 11.4 Å². The van der Waals surface area contributed by atoms with Crippen LogP contribution in [-0.4, -0.2) is 47.1 Å². The highest BCUT2D eigenvalue weighted by Crippen LogP contribution is 2.32. The van der Waals surface area contributed by atoms with Crippen LogP contribution >= 0.6 is 11.3 Å². The van der Waals surface area contributed by atoms with Gasteiger partial charge in [0.2, 0.25) is 0 Å². The van der Waals surface area contributed by atoms with Gasteiger partial charge in [-0.1, -0.05) is 29.8 Å². The highest BCUT2D eigenvalue weighted by molar-refractivity contribution is 7.11. The van der Waals surface area contributed by atoms with Crippen molar-refractivity contribution < 1.29 is 9.90 Å². The number of piperidine rings is 1. The number of aromatic nitrogens is 1. The monoisotopic (exact) mass is 359 g/mol. The number of rotatable bonds is 5. The van der Waals surface area contributed by atoms with Crippen molar-refractivity contribution in [3.8, 4) is 0 Å². The Morgan fingerprint density at radius 1 is 1.28 bits per heavy atom. The molecule has 2 N–H and O–H groups in total. The van der Waals surface area contributed by atoms with Gasteiger partial charge in [-0.2, -0.15) is 0 Å². The van der Waals surface area contributed by atoms with E-state index in [0.717, 1.165) is 43.7 Å². The second-order valence-electron chi connectivity index (χ2n) is 6.76. The topological polar surface area (TPSA) is 65.5 Å². The number of hydrogen-bond acceptors (Lipinski definition) is 5. The Hall–Kier alpha value is -1.76. The predicted octanol–water partition coefficient (Wildman–Crippen LogP) is 2.47. The van der Waals surface area contributed by atoms with E-state index in [1.165, 1.54) is 16.9 Å². The Balaban J connectivity index is 1.46. The lowest BCUT2D eigenvalue weighted by atomic mass is 9.84. The fourth-order valence-corrected chi connectivity index (χ4v) is 3.95. The number of nitrogens with zero attached hydrogens (tertiary/aromatic N) is 2. The quantitative estimate of drug-likeness (QED) is 0.861. The van der Waals surface area contributed by atoms with Gasteiger partial charge in [-0.25, -0.2) is 4.98 Å². The van der Waals surface area contributed by atoms with Crippen molar-refractivity contribution in [2.45, 2.75) is 32.3 Å². The summed E-state index contributed by atoms with van der Waals surface area (Å²) in [6.45, 7) is 6.98. The molecule has 2 heterocycles. The summed E-state index contributed by atoms with van der Waals surface area (Å²) in [4.78, 5) is 19.2. The van der Waals surface area contributed by atoms with Gasteiger partial charge in [0.05, 0.1) is 16.8 Å². The van der Waals surface area contributed by atoms with E-state index in [-0.39, 0.29) is 5.91 Å². The molecule has 0 saturated carbocycles. The number of thiazole rings is 1. The number of nitrogens with one attached hydrogen (secondary N) is 1. The van der Waals surface area contributed by atoms with E-state index < -0.39 is 5.60 Å². The molecule has 1 aliphatic rings. The molecule has 3 rings (SSSR count). The Labute approximate surface area is 152 Å². The SMILES string of the molecule is Cc1ccc(C2(O)CCN(CCNC(=O)c3scnc3C)CC2)cc1. The number of likely N-dealkylation sites (tertiary alicyclic amines) is 1. The number of hydrogen-bond donors (Lipinski definition) is 2. The third-order valence-corrected chi connectivity index (χ3v) is 5.86. The minimum absolute atomic E-state index is 0.0480. The van der Waals surface area contributed by atoms with E-state index in [2.05, 4.69) is 34.3 Å². The molecule has 0 atom stereocenters. The number of carbonyl (C=O) groups is 1. The van der Waals surface area contributed by atoms with Crippen LogP contribution in [-0.2, 0) is 5.60 Å². The Bertz CT molecular complexity index is 719. The van der Waals surface area contributed by atoms with Gasteiger partial charge in [0, 0.05) is 26.2 Å². The van der Waals surface area contributed by atoms with Gasteiger partial charge in [0.1, 0.15) is 4.88 Å². The molecule has 1 aromatic heterocycles. The van der Waals surface area contributed by atoms with Gasteiger partial charge in [0.15, 0.2) is 0 Å². The molecule has 1 aromatic carbocycles. The molecule has 1 fully saturated rings. The second kappa shape index (κ2) is 7.64. The van der Waals surface area contributed by atoms with E-state index in [9.17, 15) is 9.90 Å². The van der Waals surface area contributed by atoms with Crippen molar-refractivity contribution in [1.82, 2.24) is 15.2 Å². The fraction of sp³-hybridized carbons (Fsp3) is 0.474. The summed E-state index contributed by atoms with van der Waals surface area (Å²) in [6.07, 6.45) is 1.44. The predicted molar refractivity (Wildman–Crippen MR) is 99.9 cm³/mol. The number of amides is 1. The van der Waals surface area contributed by atoms with Crippen molar-refractivity contribution in [3.05, 3.63) is 51.5 Å². The summed E-state index contributed by atoms with van der Waals surface area (Å²) in [7, 11) is 0. The summed E-state index contributed by atoms with van der Waals surface area (Å²) in [5.41, 5.74) is 3.96. The lowest BCUT2D eigenvalue weighted by Gasteiger charge is -2.38. The van der Waals surface area contributed by atoms with Crippen LogP contribution in [0, 0.1) is 13.8 Å². The fourth-order valence-electron chi connectivity index (χ4n) is 3.23. The van der Waals surface area contributed by atoms with Gasteiger partial charge < -0.3 is 15.3 Å². The molecular weight excluding hydrogens is 334 g/mol. The highest BCUT2D eigenvalue weighted by atomic mass is 32.1. The second-order valence-corrected chi connectivity index (χ2v) is 7.62. The molecule has 1 amide bonds. The summed E-state index contributed by atoms with van der Waals surface area (Å²) in [5, 5.41) is 13.9. The van der Waals surface area contributed by atoms with Crippen LogP contribution in [0.25, 0.3) is 0 Å². The largest absolute Gasteiger partial charge is 0.385 e. The summed E-state index contributed by atoms with van der Waals surface area (Å²) >= 11 is 1.37. The van der Waals surface area contributed by atoms with Crippen LogP contribution in [0.4, 0.5) is 0 Å². The van der Waals surface area contributed by atoms with Crippen molar-refractivity contribution in [2.75, 3.05) is 26.2 Å². The zero-order valence-corrected chi connectivity index (χ0v) is 15.6. The molecule has 134 valence electrons. The lowest BCUT2D eigenvalue weighted by molar-refractivity contribution is -0.0255. The molecule has 0 radical (unpaired) electrons. The molecule has 0 unspecified atom stereocenters. The van der Waals surface area contributed by atoms with Gasteiger partial charge in [0.25, 0.3) is 5.91 Å². The summed E-state index contributed by atoms with van der Waals surface area (Å²) in [6, 6.07) is 8.17. The van der Waals surface area contributed by atoms with Crippen molar-refractivity contribution >= 4 is 17.2 Å². The molecule has 25 heavy (non-hydrogen) atoms. The number of benzene rings is 1. The van der Waals surface area contributed by atoms with Crippen molar-refractivity contribution in [3.63, 3.8) is 0 Å². The first-order valence-electron chi connectivity index (χ1n) is 8.68. The normalized spacial score (nSPS) is 17.4. The lowest BCUT2D eigenvalue weighted by Crippen LogP contribution is -2.45. The Morgan fingerprint density at radius 3 is 2.56 bits per heavy atom. The summed E-state index contributed by atoms with van der Waals surface area (Å²) < 4.78 is 0. The molecular formula is C19H25N3O2S. The maximum atomic E-state index is 12.1. The molecule has 6 heteroatoms. The average Bonchev–Trinajstić information content (AvgIpc) is 3.03. The molecule has 1 saturated heterocycles. The first kappa shape index (κ1) is 18.0. The number of aryl methyl sites for hydroxylation is 2. The van der Waals surface area contributed by atoms with Crippen LogP contribution in [0.2, 0.25) is 0 Å². The molecule has 5 nitrogen and oxygen atoms in total. The van der Waals surface area contributed by atoms with Crippen LogP contribution in [0.5, 0.6) is 0 Å². The maximum absolute atomic E-state index is 12.1. The van der Waals surface area contributed by atoms with E-state index in [4.69, 9.17) is 0 Å². The smallest absolute Gasteiger partial charge is 0.263 e. The molecule has 2 aromatic rings. The third-order valence-electron chi connectivity index (χ3n) is 4.94. The molecule has 0 spiro atoms. The highest BCUT2D eigenvalue weighted by Gasteiger charge is 2.33. The van der Waals surface area contributed by atoms with Gasteiger partial charge in [-0.15, -0.1) is 11.3 Å². The van der Waals surface area contributed by atoms with Crippen molar-refractivity contribution in [2.24, 2.45) is 0 Å². The Kier molecular flexibility index (Phi) is 5.51. The van der Waals surface area contributed by atoms with Gasteiger partial charge >= 0.3 is 0 Å². The maximum Gasteiger partial charge on any atom is 0.263 e. The van der Waals surface area contributed by atoms with Crippen LogP contribution in [0.3, 0.4) is 0 Å². The van der Waals surface area contributed by atoms with Crippen LogP contribution in [0.15, 0.2) is 29.8 Å². The first-order valence-corrected chi connectivity index (χ1v) is 9.56. The first-order chi connectivity index (χ1) is 12.0.